The maximum atomic E-state index is 13.1. The third kappa shape index (κ3) is 3.53. The molecule has 28 heavy (non-hydrogen) atoms. The summed E-state index contributed by atoms with van der Waals surface area (Å²) in [5.74, 6) is -0.710. The zero-order chi connectivity index (χ0) is 20.6. The van der Waals surface area contributed by atoms with Gasteiger partial charge in [-0.2, -0.15) is 0 Å². The Kier molecular flexibility index (Phi) is 5.79. The first kappa shape index (κ1) is 20.4. The third-order valence-electron chi connectivity index (χ3n) is 4.29. The number of anilines is 1. The molecule has 9 heteroatoms. The Morgan fingerprint density at radius 1 is 1.14 bits per heavy atom. The maximum absolute atomic E-state index is 13.1. The number of amides is 1. The van der Waals surface area contributed by atoms with Gasteiger partial charge in [-0.25, -0.2) is 4.79 Å². The number of thiophene rings is 1. The van der Waals surface area contributed by atoms with Crippen LogP contribution in [0.25, 0.3) is 11.3 Å². The van der Waals surface area contributed by atoms with Gasteiger partial charge in [0.15, 0.2) is 0 Å². The summed E-state index contributed by atoms with van der Waals surface area (Å²) in [7, 11) is 1.29. The minimum Gasteiger partial charge on any atom is -0.465 e. The number of carbonyl (C=O) groups excluding carboxylic acids is 2. The van der Waals surface area contributed by atoms with Crippen molar-refractivity contribution in [3.8, 4) is 11.3 Å². The second kappa shape index (κ2) is 7.95. The molecule has 0 atom stereocenters. The Morgan fingerprint density at radius 3 is 2.39 bits per heavy atom. The molecule has 0 aliphatic rings. The molecule has 0 unspecified atom stereocenters. The van der Waals surface area contributed by atoms with Gasteiger partial charge in [-0.05, 0) is 38.5 Å². The van der Waals surface area contributed by atoms with Crippen LogP contribution in [0.3, 0.4) is 0 Å². The van der Waals surface area contributed by atoms with Crippen molar-refractivity contribution >= 4 is 51.4 Å². The Balaban J connectivity index is 2.06. The minimum absolute atomic E-state index is 0.189. The van der Waals surface area contributed by atoms with E-state index in [2.05, 4.69) is 10.5 Å². The normalized spacial score (nSPS) is 10.8. The van der Waals surface area contributed by atoms with Crippen LogP contribution in [0.1, 0.15) is 36.9 Å². The van der Waals surface area contributed by atoms with Crippen molar-refractivity contribution in [2.24, 2.45) is 0 Å². The van der Waals surface area contributed by atoms with Gasteiger partial charge in [-0.15, -0.1) is 11.3 Å². The Hall–Kier alpha value is -2.35. The third-order valence-corrected chi connectivity index (χ3v) is 6.04. The average molecular weight is 439 g/mol. The molecule has 1 aromatic carbocycles. The number of methoxy groups -OCH3 is 1. The molecule has 0 saturated carbocycles. The smallest absolute Gasteiger partial charge is 0.341 e. The van der Waals surface area contributed by atoms with Gasteiger partial charge in [0.05, 0.1) is 22.7 Å². The molecule has 1 amide bonds. The van der Waals surface area contributed by atoms with E-state index in [1.54, 1.807) is 32.0 Å². The zero-order valence-corrected chi connectivity index (χ0v) is 17.8. The monoisotopic (exact) mass is 438 g/mol. The Bertz CT molecular complexity index is 1070. The molecule has 0 spiro atoms. The molecule has 2 heterocycles. The second-order valence-electron chi connectivity index (χ2n) is 5.99. The van der Waals surface area contributed by atoms with Crippen LogP contribution in [0.5, 0.6) is 0 Å². The number of rotatable bonds is 4. The molecule has 0 saturated heterocycles. The number of hydrogen-bond donors (Lipinski definition) is 1. The highest BCUT2D eigenvalue weighted by molar-refractivity contribution is 7.16. The number of esters is 1. The quantitative estimate of drug-likeness (QED) is 0.530. The highest BCUT2D eigenvalue weighted by Crippen LogP contribution is 2.38. The molecule has 3 rings (SSSR count). The first-order valence-corrected chi connectivity index (χ1v) is 9.73. The fourth-order valence-corrected chi connectivity index (χ4v) is 4.38. The summed E-state index contributed by atoms with van der Waals surface area (Å²) >= 11 is 13.8. The molecule has 2 aromatic heterocycles. The Labute approximate surface area is 175 Å². The number of halogens is 2. The van der Waals surface area contributed by atoms with E-state index in [9.17, 15) is 9.59 Å². The number of carbonyl (C=O) groups is 2. The number of nitrogens with one attached hydrogen (secondary N) is 1. The molecule has 0 bridgehead atoms. The first-order valence-electron chi connectivity index (χ1n) is 8.16. The van der Waals surface area contributed by atoms with Crippen molar-refractivity contribution in [2.75, 3.05) is 12.4 Å². The topological polar surface area (TPSA) is 81.4 Å². The van der Waals surface area contributed by atoms with Crippen molar-refractivity contribution in [1.82, 2.24) is 5.16 Å². The zero-order valence-electron chi connectivity index (χ0n) is 15.5. The molecule has 0 aliphatic heterocycles. The number of aryl methyl sites for hydroxylation is 2. The lowest BCUT2D eigenvalue weighted by molar-refractivity contribution is 0.0601. The largest absolute Gasteiger partial charge is 0.465 e. The number of nitrogens with zero attached hydrogens (tertiary/aromatic N) is 1. The van der Waals surface area contributed by atoms with E-state index in [1.165, 1.54) is 18.4 Å². The average Bonchev–Trinajstić information content (AvgIpc) is 3.14. The van der Waals surface area contributed by atoms with Crippen LogP contribution in [0.4, 0.5) is 5.00 Å². The van der Waals surface area contributed by atoms with Gasteiger partial charge in [0, 0.05) is 10.4 Å². The van der Waals surface area contributed by atoms with Gasteiger partial charge >= 0.3 is 5.97 Å². The molecule has 0 aliphatic carbocycles. The SMILES string of the molecule is COC(=O)c1c(NC(=O)c2c(-c3c(Cl)cccc3Cl)noc2C)sc(C)c1C. The molecule has 1 N–H and O–H groups in total. The van der Waals surface area contributed by atoms with Gasteiger partial charge in [-0.1, -0.05) is 34.4 Å². The van der Waals surface area contributed by atoms with Crippen LogP contribution >= 0.6 is 34.5 Å². The first-order chi connectivity index (χ1) is 13.3. The van der Waals surface area contributed by atoms with Gasteiger partial charge in [-0.3, -0.25) is 4.79 Å². The van der Waals surface area contributed by atoms with E-state index >= 15 is 0 Å². The van der Waals surface area contributed by atoms with Crippen molar-refractivity contribution in [1.29, 1.82) is 0 Å². The van der Waals surface area contributed by atoms with Crippen LogP contribution in [0.15, 0.2) is 22.7 Å². The van der Waals surface area contributed by atoms with E-state index in [1.807, 2.05) is 6.92 Å². The van der Waals surface area contributed by atoms with E-state index in [-0.39, 0.29) is 11.3 Å². The van der Waals surface area contributed by atoms with Crippen LogP contribution < -0.4 is 5.32 Å². The summed E-state index contributed by atoms with van der Waals surface area (Å²) in [4.78, 5) is 26.1. The number of hydrogen-bond acceptors (Lipinski definition) is 6. The molecule has 146 valence electrons. The van der Waals surface area contributed by atoms with E-state index in [4.69, 9.17) is 32.5 Å². The van der Waals surface area contributed by atoms with Crippen LogP contribution in [-0.2, 0) is 4.74 Å². The van der Waals surface area contributed by atoms with Crippen molar-refractivity contribution in [3.63, 3.8) is 0 Å². The highest BCUT2D eigenvalue weighted by atomic mass is 35.5. The predicted molar refractivity (Wildman–Crippen MR) is 110 cm³/mol. The van der Waals surface area contributed by atoms with Gasteiger partial charge in [0.1, 0.15) is 22.0 Å². The van der Waals surface area contributed by atoms with Gasteiger partial charge in [0.2, 0.25) is 0 Å². The summed E-state index contributed by atoms with van der Waals surface area (Å²) < 4.78 is 10.1. The summed E-state index contributed by atoms with van der Waals surface area (Å²) in [5.41, 5.74) is 1.90. The highest BCUT2D eigenvalue weighted by Gasteiger charge is 2.27. The summed E-state index contributed by atoms with van der Waals surface area (Å²) in [6, 6.07) is 4.99. The van der Waals surface area contributed by atoms with Gasteiger partial charge < -0.3 is 14.6 Å². The van der Waals surface area contributed by atoms with Crippen molar-refractivity contribution in [3.05, 3.63) is 55.6 Å². The molecular formula is C19H16Cl2N2O4S. The van der Waals surface area contributed by atoms with E-state index in [0.29, 0.717) is 31.9 Å². The van der Waals surface area contributed by atoms with E-state index in [0.717, 1.165) is 10.4 Å². The summed E-state index contributed by atoms with van der Waals surface area (Å²) in [6.07, 6.45) is 0. The summed E-state index contributed by atoms with van der Waals surface area (Å²) in [5, 5.41) is 7.82. The molecule has 0 fully saturated rings. The standard InChI is InChI=1S/C19H16Cl2N2O4S/c1-8-10(3)28-18(13(8)19(25)26-4)22-17(24)14-9(2)27-23-16(14)15-11(20)6-5-7-12(15)21/h5-7H,1-4H3,(H,22,24). The van der Waals surface area contributed by atoms with Crippen molar-refractivity contribution < 1.29 is 18.8 Å². The summed E-state index contributed by atoms with van der Waals surface area (Å²) in [6.45, 7) is 5.28. The maximum Gasteiger partial charge on any atom is 0.341 e. The molecule has 3 aromatic rings. The molecule has 6 nitrogen and oxygen atoms in total. The number of aromatic nitrogens is 1. The number of benzene rings is 1. The number of ether oxygens (including phenoxy) is 1. The van der Waals surface area contributed by atoms with E-state index < -0.39 is 11.9 Å². The minimum atomic E-state index is -0.520. The fraction of sp³-hybridized carbons (Fsp3) is 0.211. The molecular weight excluding hydrogens is 423 g/mol. The Morgan fingerprint density at radius 2 is 1.79 bits per heavy atom. The van der Waals surface area contributed by atoms with Crippen LogP contribution in [0.2, 0.25) is 10.0 Å². The lowest BCUT2D eigenvalue weighted by Crippen LogP contribution is -2.15. The second-order valence-corrected chi connectivity index (χ2v) is 8.03. The lowest BCUT2D eigenvalue weighted by Gasteiger charge is -2.08. The molecule has 0 radical (unpaired) electrons. The van der Waals surface area contributed by atoms with Crippen molar-refractivity contribution in [2.45, 2.75) is 20.8 Å². The predicted octanol–water partition coefficient (Wildman–Crippen LogP) is 5.67. The van der Waals surface area contributed by atoms with Crippen LogP contribution in [0, 0.1) is 20.8 Å². The lowest BCUT2D eigenvalue weighted by atomic mass is 10.1. The van der Waals surface area contributed by atoms with Crippen LogP contribution in [-0.4, -0.2) is 24.1 Å². The fourth-order valence-electron chi connectivity index (χ4n) is 2.76. The van der Waals surface area contributed by atoms with Gasteiger partial charge in [0.25, 0.3) is 5.91 Å².